The summed E-state index contributed by atoms with van der Waals surface area (Å²) in [7, 11) is 0.439. The molecule has 2 unspecified atom stereocenters. The second-order valence-electron chi connectivity index (χ2n) is 9.76. The van der Waals surface area contributed by atoms with Crippen molar-refractivity contribution in [3.63, 3.8) is 0 Å². The monoisotopic (exact) mass is 409 g/mol. The van der Waals surface area contributed by atoms with Crippen molar-refractivity contribution in [2.75, 3.05) is 18.1 Å². The summed E-state index contributed by atoms with van der Waals surface area (Å²) in [4.78, 5) is 1.62. The van der Waals surface area contributed by atoms with Crippen LogP contribution in [0, 0.1) is 17.8 Å². The first kappa shape index (κ1) is 19.8. The van der Waals surface area contributed by atoms with Crippen molar-refractivity contribution in [1.29, 1.82) is 0 Å². The van der Waals surface area contributed by atoms with Gasteiger partial charge in [-0.3, -0.25) is 0 Å². The van der Waals surface area contributed by atoms with E-state index in [9.17, 15) is 0 Å². The van der Waals surface area contributed by atoms with Gasteiger partial charge in [-0.25, -0.2) is 0 Å². The van der Waals surface area contributed by atoms with E-state index < -0.39 is 0 Å². The van der Waals surface area contributed by atoms with Crippen LogP contribution in [-0.4, -0.2) is 18.1 Å². The number of rotatable bonds is 4. The molecule has 2 heteroatoms. The molecule has 2 aliphatic carbocycles. The molecule has 2 aromatic carbocycles. The fraction of sp³-hybridized carbons (Fsp3) is 0.630. The van der Waals surface area contributed by atoms with Gasteiger partial charge >= 0.3 is 0 Å². The minimum Gasteiger partial charge on any atom is -0.493 e. The lowest BCUT2D eigenvalue weighted by Crippen LogP contribution is -2.16. The molecule has 0 N–H and O–H groups in total. The molecule has 2 aromatic rings. The van der Waals surface area contributed by atoms with E-state index in [4.69, 9.17) is 4.74 Å². The quantitative estimate of drug-likeness (QED) is 0.479. The Morgan fingerprint density at radius 2 is 1.31 bits per heavy atom. The molecule has 3 fully saturated rings. The Morgan fingerprint density at radius 3 is 2.03 bits per heavy atom. The predicted octanol–water partition coefficient (Wildman–Crippen LogP) is 7.38. The fourth-order valence-electron chi connectivity index (χ4n) is 6.02. The van der Waals surface area contributed by atoms with Gasteiger partial charge in [-0.2, -0.15) is 0 Å². The van der Waals surface area contributed by atoms with E-state index in [1.165, 1.54) is 92.9 Å². The van der Waals surface area contributed by atoms with Crippen LogP contribution >= 0.6 is 0 Å². The van der Waals surface area contributed by atoms with Crippen molar-refractivity contribution in [3.05, 3.63) is 36.4 Å². The van der Waals surface area contributed by atoms with Crippen LogP contribution in [0.25, 0.3) is 10.8 Å². The Balaban J connectivity index is 1.34. The summed E-state index contributed by atoms with van der Waals surface area (Å²) in [5.74, 6) is 6.75. The Bertz CT molecular complexity index is 793. The molecule has 29 heavy (non-hydrogen) atoms. The molecule has 0 amide bonds. The molecular weight excluding hydrogens is 372 g/mol. The summed E-state index contributed by atoms with van der Waals surface area (Å²) in [6.45, 7) is 0.902. The summed E-state index contributed by atoms with van der Waals surface area (Å²) in [6.07, 6.45) is 15.6. The number of ether oxygens (including phenoxy) is 1. The van der Waals surface area contributed by atoms with Crippen LogP contribution in [0.15, 0.2) is 41.3 Å². The third-order valence-electron chi connectivity index (χ3n) is 7.75. The molecule has 5 rings (SSSR count). The highest BCUT2D eigenvalue weighted by atomic mass is 32.2. The zero-order valence-corrected chi connectivity index (χ0v) is 18.7. The average molecular weight is 410 g/mol. The van der Waals surface area contributed by atoms with Gasteiger partial charge in [-0.15, -0.1) is 0 Å². The van der Waals surface area contributed by atoms with Crippen molar-refractivity contribution < 1.29 is 4.74 Å². The van der Waals surface area contributed by atoms with Gasteiger partial charge < -0.3 is 4.74 Å². The highest BCUT2D eigenvalue weighted by molar-refractivity contribution is 7.97. The molecule has 1 heterocycles. The van der Waals surface area contributed by atoms with Gasteiger partial charge in [0.25, 0.3) is 0 Å². The van der Waals surface area contributed by atoms with Gasteiger partial charge in [0.05, 0.1) is 6.61 Å². The molecule has 0 spiro atoms. The number of hydrogen-bond acceptors (Lipinski definition) is 1. The normalized spacial score (nSPS) is 28.6. The zero-order valence-electron chi connectivity index (χ0n) is 17.9. The molecule has 156 valence electrons. The first-order valence-electron chi connectivity index (χ1n) is 12.2. The molecule has 3 aliphatic rings. The van der Waals surface area contributed by atoms with Crippen LogP contribution in [0.3, 0.4) is 0 Å². The molecule has 2 atom stereocenters. The van der Waals surface area contributed by atoms with E-state index in [0.717, 1.165) is 30.1 Å². The summed E-state index contributed by atoms with van der Waals surface area (Å²) in [5, 5.41) is 2.81. The highest BCUT2D eigenvalue weighted by Crippen LogP contribution is 2.43. The fourth-order valence-corrected chi connectivity index (χ4v) is 9.18. The number of hydrogen-bond donors (Lipinski definition) is 0. The van der Waals surface area contributed by atoms with Crippen LogP contribution in [-0.2, 0) is 10.9 Å². The number of benzene rings is 2. The van der Waals surface area contributed by atoms with Gasteiger partial charge in [-0.1, -0.05) is 63.1 Å². The summed E-state index contributed by atoms with van der Waals surface area (Å²) < 4.78 is 6.47. The van der Waals surface area contributed by atoms with E-state index in [1.54, 1.807) is 4.90 Å². The van der Waals surface area contributed by atoms with Crippen LogP contribution < -0.4 is 4.74 Å². The first-order chi connectivity index (χ1) is 14.4. The molecule has 1 aliphatic heterocycles. The Kier molecular flexibility index (Phi) is 6.37. The standard InChI is InChI=1S/C27H37OS/c1-2-4-10-21(11-5-3-1)18-28-26-16-17-27(25-15-9-8-14-24(25)26)29-19-22-12-6-7-13-23(22)20-29/h8-9,14-17,21-23H,1-7,10-13,18-20H2/q+1. The number of fused-ring (bicyclic) bond motifs is 2. The molecule has 2 saturated carbocycles. The lowest BCUT2D eigenvalue weighted by Gasteiger charge is -2.20. The van der Waals surface area contributed by atoms with Crippen LogP contribution in [0.4, 0.5) is 0 Å². The molecule has 0 radical (unpaired) electrons. The molecular formula is C27H37OS+. The van der Waals surface area contributed by atoms with Gasteiger partial charge in [0.15, 0.2) is 4.90 Å². The molecule has 0 bridgehead atoms. The smallest absolute Gasteiger partial charge is 0.163 e. The minimum absolute atomic E-state index is 0.439. The van der Waals surface area contributed by atoms with Crippen LogP contribution in [0.5, 0.6) is 5.75 Å². The van der Waals surface area contributed by atoms with E-state index in [1.807, 2.05) is 0 Å². The van der Waals surface area contributed by atoms with Crippen molar-refractivity contribution in [3.8, 4) is 5.75 Å². The van der Waals surface area contributed by atoms with Crippen LogP contribution in [0.2, 0.25) is 0 Å². The van der Waals surface area contributed by atoms with Crippen LogP contribution in [0.1, 0.15) is 70.6 Å². The Labute approximate surface area is 180 Å². The summed E-state index contributed by atoms with van der Waals surface area (Å²) >= 11 is 0. The molecule has 1 nitrogen and oxygen atoms in total. The third-order valence-corrected chi connectivity index (χ3v) is 10.4. The van der Waals surface area contributed by atoms with Gasteiger partial charge in [-0.05, 0) is 49.8 Å². The molecule has 0 aromatic heterocycles. The summed E-state index contributed by atoms with van der Waals surface area (Å²) in [5.41, 5.74) is 0. The van der Waals surface area contributed by atoms with Gasteiger partial charge in [0.2, 0.25) is 0 Å². The zero-order chi connectivity index (χ0) is 19.5. The predicted molar refractivity (Wildman–Crippen MR) is 126 cm³/mol. The largest absolute Gasteiger partial charge is 0.493 e. The third kappa shape index (κ3) is 4.48. The Hall–Kier alpha value is -1.15. The molecule has 1 saturated heterocycles. The Morgan fingerprint density at radius 1 is 0.690 bits per heavy atom. The topological polar surface area (TPSA) is 9.23 Å². The van der Waals surface area contributed by atoms with Crippen molar-refractivity contribution in [2.24, 2.45) is 17.8 Å². The van der Waals surface area contributed by atoms with Gasteiger partial charge in [0.1, 0.15) is 17.3 Å². The second kappa shape index (κ2) is 9.33. The van der Waals surface area contributed by atoms with E-state index in [0.29, 0.717) is 10.9 Å². The SMILES string of the molecule is c1ccc2c([S+]3CC4CCCCC4C3)ccc(OCC3CCCCCCC3)c2c1. The van der Waals surface area contributed by atoms with Crippen molar-refractivity contribution in [1.82, 2.24) is 0 Å². The van der Waals surface area contributed by atoms with Gasteiger partial charge in [0, 0.05) is 33.5 Å². The first-order valence-corrected chi connectivity index (χ1v) is 13.8. The maximum absolute atomic E-state index is 6.47. The van der Waals surface area contributed by atoms with Crippen molar-refractivity contribution in [2.45, 2.75) is 75.5 Å². The second-order valence-corrected chi connectivity index (χ2v) is 11.9. The average Bonchev–Trinajstić information content (AvgIpc) is 3.17. The van der Waals surface area contributed by atoms with Crippen molar-refractivity contribution >= 4 is 21.7 Å². The van der Waals surface area contributed by atoms with E-state index in [-0.39, 0.29) is 0 Å². The van der Waals surface area contributed by atoms with E-state index >= 15 is 0 Å². The highest BCUT2D eigenvalue weighted by Gasteiger charge is 2.44. The maximum Gasteiger partial charge on any atom is 0.163 e. The lowest BCUT2D eigenvalue weighted by atomic mass is 9.82. The van der Waals surface area contributed by atoms with E-state index in [2.05, 4.69) is 36.4 Å². The lowest BCUT2D eigenvalue weighted by molar-refractivity contribution is 0.220. The minimum atomic E-state index is 0.439. The summed E-state index contributed by atoms with van der Waals surface area (Å²) in [6, 6.07) is 13.8. The maximum atomic E-state index is 6.47.